The van der Waals surface area contributed by atoms with E-state index < -0.39 is 0 Å². The zero-order chi connectivity index (χ0) is 61.8. The molecule has 0 N–H and O–H groups in total. The number of methoxy groups -OCH3 is 1. The fourth-order valence-corrected chi connectivity index (χ4v) is 7.41. The molecule has 0 unspecified atom stereocenters. The molecule has 482 valence electrons. The van der Waals surface area contributed by atoms with Crippen LogP contribution in [0.1, 0.15) is 308 Å². The summed E-state index contributed by atoms with van der Waals surface area (Å²) in [5, 5.41) is 0. The van der Waals surface area contributed by atoms with Gasteiger partial charge in [0.2, 0.25) is 0 Å². The lowest BCUT2D eigenvalue weighted by atomic mass is 10.1. The Morgan fingerprint density at radius 1 is 0.309 bits per heavy atom. The van der Waals surface area contributed by atoms with Crippen LogP contribution in [-0.4, -0.2) is 102 Å². The number of ether oxygens (including phenoxy) is 8. The fourth-order valence-electron chi connectivity index (χ4n) is 7.41. The van der Waals surface area contributed by atoms with Crippen LogP contribution in [0.3, 0.4) is 0 Å². The van der Waals surface area contributed by atoms with E-state index in [0.717, 1.165) is 103 Å². The summed E-state index contributed by atoms with van der Waals surface area (Å²) in [7, 11) is 1.73. The summed E-state index contributed by atoms with van der Waals surface area (Å²) in [6.45, 7) is 26.8. The predicted molar refractivity (Wildman–Crippen MR) is 329 cm³/mol. The summed E-state index contributed by atoms with van der Waals surface area (Å²) < 4.78 is 41.3. The molecule has 0 aliphatic rings. The van der Waals surface area contributed by atoms with E-state index in [4.69, 9.17) is 33.2 Å². The maximum atomic E-state index is 12.2. The quantitative estimate of drug-likeness (QED) is 0.0317. The number of carbonyl (C=O) groups excluding carboxylic acids is 7. The first-order chi connectivity index (χ1) is 39.1. The molecule has 0 radical (unpaired) electrons. The largest absolute Gasteiger partial charge is 0.466 e. The second-order valence-electron chi connectivity index (χ2n) is 21.3. The summed E-state index contributed by atoms with van der Waals surface area (Å²) in [6, 6.07) is 0. The second kappa shape index (κ2) is 72.4. The van der Waals surface area contributed by atoms with Crippen molar-refractivity contribution >= 4 is 41.8 Å². The third kappa shape index (κ3) is 78.3. The Hall–Kier alpha value is -3.75. The molecule has 0 bridgehead atoms. The summed E-state index contributed by atoms with van der Waals surface area (Å²) in [5.74, 6) is -2.22. The summed E-state index contributed by atoms with van der Waals surface area (Å²) in [4.78, 5) is 82.5. The maximum absolute atomic E-state index is 12.2. The molecule has 0 heterocycles. The van der Waals surface area contributed by atoms with Crippen LogP contribution in [0.4, 0.5) is 0 Å². The van der Waals surface area contributed by atoms with Gasteiger partial charge >= 0.3 is 41.8 Å². The van der Waals surface area contributed by atoms with Gasteiger partial charge in [-0.05, 0) is 57.3 Å². The summed E-state index contributed by atoms with van der Waals surface area (Å²) in [6.07, 6.45) is 33.1. The molecule has 0 atom stereocenters. The van der Waals surface area contributed by atoms with Crippen molar-refractivity contribution in [1.82, 2.24) is 0 Å². The van der Waals surface area contributed by atoms with Gasteiger partial charge in [0.1, 0.15) is 0 Å². The van der Waals surface area contributed by atoms with Gasteiger partial charge in [-0.3, -0.25) is 33.6 Å². The molecule has 0 aromatic carbocycles. The highest BCUT2D eigenvalue weighted by Gasteiger charge is 2.21. The van der Waals surface area contributed by atoms with Gasteiger partial charge in [-0.1, -0.05) is 211 Å². The topological polar surface area (TPSA) is 193 Å². The lowest BCUT2D eigenvalue weighted by Gasteiger charge is -2.17. The molecule has 0 saturated carbocycles. The van der Waals surface area contributed by atoms with E-state index in [1.165, 1.54) is 96.8 Å². The third-order valence-electron chi connectivity index (χ3n) is 12.4. The van der Waals surface area contributed by atoms with E-state index in [2.05, 4.69) is 53.2 Å². The lowest BCUT2D eigenvalue weighted by Crippen LogP contribution is -2.24. The number of rotatable bonds is 50. The van der Waals surface area contributed by atoms with Gasteiger partial charge < -0.3 is 37.9 Å². The standard InChI is InChI=1S/C28H52O6.C26H48O6.C5H10O2.C5H12O.C2H6/c1-5-7-9-11-13-15-17-26(29)33-22-25(21-28(31)32-20-19-24(3)4)23-34-27(30)18-16-14-12-10-8-6-2;1-4-7-9-11-13-15-17-24(27)31-21-23(20-26(29)30-19-6-3)22-32-25(28)18-16-14-12-10-8-5-2;1-3-4-7-5(2)6;1-3-4-5-6-2;1-2/h24-25H,5-23H2,1-4H3;23H,4-22H2,1-3H3;3-4H2,1-2H3;3-5H2,1-2H3;1-2H3. The number of carbonyl (C=O) groups is 7. The minimum absolute atomic E-state index is 0.0677. The fraction of sp³-hybridized carbons (Fsp3) is 0.894. The van der Waals surface area contributed by atoms with Gasteiger partial charge in [0.25, 0.3) is 0 Å². The molecule has 0 aromatic heterocycles. The van der Waals surface area contributed by atoms with Crippen molar-refractivity contribution < 1.29 is 71.5 Å². The first kappa shape index (κ1) is 86.0. The maximum Gasteiger partial charge on any atom is 0.306 e. The molecule has 0 spiro atoms. The van der Waals surface area contributed by atoms with Crippen LogP contribution in [0.2, 0.25) is 0 Å². The van der Waals surface area contributed by atoms with Crippen LogP contribution in [-0.2, 0) is 71.5 Å². The molecular formula is C66H128O15. The molecule has 0 fully saturated rings. The van der Waals surface area contributed by atoms with Gasteiger partial charge in [0.15, 0.2) is 0 Å². The molecule has 81 heavy (non-hydrogen) atoms. The molecule has 0 saturated heterocycles. The highest BCUT2D eigenvalue weighted by Crippen LogP contribution is 2.15. The lowest BCUT2D eigenvalue weighted by molar-refractivity contribution is -0.155. The highest BCUT2D eigenvalue weighted by atomic mass is 16.6. The average Bonchev–Trinajstić information content (AvgIpc) is 3.45. The monoisotopic (exact) mass is 1160 g/mol. The molecule has 15 nitrogen and oxygen atoms in total. The molecule has 0 aliphatic carbocycles. The van der Waals surface area contributed by atoms with Crippen LogP contribution >= 0.6 is 0 Å². The molecule has 0 rings (SSSR count). The van der Waals surface area contributed by atoms with Gasteiger partial charge in [0, 0.05) is 58.2 Å². The smallest absolute Gasteiger partial charge is 0.306 e. The van der Waals surface area contributed by atoms with Crippen molar-refractivity contribution in [3.05, 3.63) is 0 Å². The number of hydrogen-bond donors (Lipinski definition) is 0. The predicted octanol–water partition coefficient (Wildman–Crippen LogP) is 17.1. The van der Waals surface area contributed by atoms with E-state index in [9.17, 15) is 33.6 Å². The Labute approximate surface area is 497 Å². The van der Waals surface area contributed by atoms with Crippen LogP contribution in [0, 0.1) is 17.8 Å². The minimum Gasteiger partial charge on any atom is -0.466 e. The second-order valence-corrected chi connectivity index (χ2v) is 21.3. The van der Waals surface area contributed by atoms with Crippen molar-refractivity contribution in [2.75, 3.05) is 60.0 Å². The first-order valence-electron chi connectivity index (χ1n) is 32.7. The normalized spacial score (nSPS) is 10.4. The van der Waals surface area contributed by atoms with Crippen molar-refractivity contribution in [1.29, 1.82) is 0 Å². The Bertz CT molecular complexity index is 1320. The van der Waals surface area contributed by atoms with E-state index in [0.29, 0.717) is 51.4 Å². The van der Waals surface area contributed by atoms with Gasteiger partial charge in [-0.25, -0.2) is 0 Å². The van der Waals surface area contributed by atoms with Gasteiger partial charge in [-0.15, -0.1) is 0 Å². The zero-order valence-corrected chi connectivity index (χ0v) is 54.8. The molecule has 0 amide bonds. The van der Waals surface area contributed by atoms with Crippen molar-refractivity contribution in [2.24, 2.45) is 17.8 Å². The molecular weight excluding hydrogens is 1030 g/mol. The summed E-state index contributed by atoms with van der Waals surface area (Å²) in [5.41, 5.74) is 0. The van der Waals surface area contributed by atoms with Gasteiger partial charge in [0.05, 0.1) is 59.1 Å². The average molecular weight is 1160 g/mol. The highest BCUT2D eigenvalue weighted by molar-refractivity contribution is 5.72. The number of esters is 7. The third-order valence-corrected chi connectivity index (χ3v) is 12.4. The molecule has 15 heteroatoms. The van der Waals surface area contributed by atoms with Crippen LogP contribution in [0.15, 0.2) is 0 Å². The van der Waals surface area contributed by atoms with Crippen LogP contribution < -0.4 is 0 Å². The number of unbranched alkanes of at least 4 members (excludes halogenated alkanes) is 21. The van der Waals surface area contributed by atoms with Crippen LogP contribution in [0.25, 0.3) is 0 Å². The SMILES string of the molecule is CC.CCCCCCCCC(=O)OCC(COC(=O)CCCCCCCC)CC(=O)OCCC.CCCCCCCCC(=O)OCC(COC(=O)CCCCCCCC)CC(=O)OCCC(C)C.CCCCOC.CCCOC(C)=O. The zero-order valence-electron chi connectivity index (χ0n) is 54.8. The van der Waals surface area contributed by atoms with E-state index in [1.54, 1.807) is 7.11 Å². The van der Waals surface area contributed by atoms with E-state index in [1.807, 2.05) is 27.7 Å². The minimum atomic E-state index is -0.381. The van der Waals surface area contributed by atoms with E-state index >= 15 is 0 Å². The molecule has 0 aromatic rings. The van der Waals surface area contributed by atoms with Crippen molar-refractivity contribution in [3.63, 3.8) is 0 Å². The van der Waals surface area contributed by atoms with E-state index in [-0.39, 0.29) is 92.9 Å². The number of hydrogen-bond acceptors (Lipinski definition) is 15. The Morgan fingerprint density at radius 3 is 0.815 bits per heavy atom. The Kier molecular flexibility index (Phi) is 76.9. The first-order valence-corrected chi connectivity index (χ1v) is 32.7. The van der Waals surface area contributed by atoms with Crippen molar-refractivity contribution in [2.45, 2.75) is 308 Å². The molecule has 0 aliphatic heterocycles. The Morgan fingerprint density at radius 2 is 0.580 bits per heavy atom. The van der Waals surface area contributed by atoms with Crippen molar-refractivity contribution in [3.8, 4) is 0 Å². The Balaban J connectivity index is -0.000000379. The summed E-state index contributed by atoms with van der Waals surface area (Å²) >= 11 is 0. The van der Waals surface area contributed by atoms with Gasteiger partial charge in [-0.2, -0.15) is 0 Å². The van der Waals surface area contributed by atoms with Crippen LogP contribution in [0.5, 0.6) is 0 Å².